The average Bonchev–Trinajstić information content (AvgIpc) is 2.25. The summed E-state index contributed by atoms with van der Waals surface area (Å²) < 4.78 is 0. The van der Waals surface area contributed by atoms with Gasteiger partial charge in [0, 0.05) is 0 Å². The Hall–Kier alpha value is -0.860. The van der Waals surface area contributed by atoms with Crippen molar-refractivity contribution in [2.75, 3.05) is 6.54 Å². The topological polar surface area (TPSA) is 46.2 Å². The summed E-state index contributed by atoms with van der Waals surface area (Å²) in [6.45, 7) is 6.77. The second kappa shape index (κ2) is 6.02. The first-order valence-electron chi connectivity index (χ1n) is 6.02. The van der Waals surface area contributed by atoms with Crippen molar-refractivity contribution in [2.24, 2.45) is 5.73 Å². The molecule has 1 rings (SSSR count). The molecule has 0 saturated carbocycles. The normalized spacial score (nSPS) is 15.1. The Morgan fingerprint density at radius 3 is 1.94 bits per heavy atom. The fourth-order valence-electron chi connectivity index (χ4n) is 1.93. The summed E-state index contributed by atoms with van der Waals surface area (Å²) in [6.07, 6.45) is 0.440. The van der Waals surface area contributed by atoms with Gasteiger partial charge in [-0.15, -0.1) is 0 Å². The largest absolute Gasteiger partial charge is 0.393 e. The van der Waals surface area contributed by atoms with Crippen LogP contribution in [0.4, 0.5) is 0 Å². The number of aliphatic hydroxyl groups is 1. The summed E-state index contributed by atoms with van der Waals surface area (Å²) in [5, 5.41) is 9.40. The molecular weight excluding hydrogens is 198 g/mol. The van der Waals surface area contributed by atoms with E-state index in [-0.39, 0.29) is 12.0 Å². The van der Waals surface area contributed by atoms with Crippen molar-refractivity contribution in [3.05, 3.63) is 35.4 Å². The third kappa shape index (κ3) is 3.62. The predicted octanol–water partition coefficient (Wildman–Crippen LogP) is 2.62. The second-order valence-electron chi connectivity index (χ2n) is 4.84. The van der Waals surface area contributed by atoms with E-state index in [2.05, 4.69) is 38.1 Å². The quantitative estimate of drug-likeness (QED) is 0.803. The monoisotopic (exact) mass is 221 g/mol. The van der Waals surface area contributed by atoms with Crippen LogP contribution in [0, 0.1) is 0 Å². The lowest BCUT2D eigenvalue weighted by atomic mass is 9.91. The maximum Gasteiger partial charge on any atom is 0.0518 e. The highest BCUT2D eigenvalue weighted by molar-refractivity contribution is 5.27. The molecule has 1 aromatic carbocycles. The van der Waals surface area contributed by atoms with Crippen molar-refractivity contribution < 1.29 is 5.11 Å². The number of hydrogen-bond donors (Lipinski definition) is 2. The Morgan fingerprint density at radius 1 is 1.06 bits per heavy atom. The highest BCUT2D eigenvalue weighted by Gasteiger charge is 2.12. The highest BCUT2D eigenvalue weighted by Crippen LogP contribution is 2.22. The smallest absolute Gasteiger partial charge is 0.0518 e. The third-order valence-corrected chi connectivity index (χ3v) is 2.98. The lowest BCUT2D eigenvalue weighted by molar-refractivity contribution is 0.175. The molecule has 0 aromatic heterocycles. The van der Waals surface area contributed by atoms with Gasteiger partial charge in [0.15, 0.2) is 0 Å². The van der Waals surface area contributed by atoms with Crippen LogP contribution in [0.2, 0.25) is 0 Å². The minimum absolute atomic E-state index is 0.265. The average molecular weight is 221 g/mol. The molecule has 2 unspecified atom stereocenters. The molecule has 0 aliphatic heterocycles. The number of rotatable bonds is 5. The Labute approximate surface area is 98.5 Å². The molecule has 0 saturated heterocycles. The van der Waals surface area contributed by atoms with Gasteiger partial charge >= 0.3 is 0 Å². The molecule has 0 spiro atoms. The van der Waals surface area contributed by atoms with Crippen LogP contribution in [-0.2, 0) is 0 Å². The molecule has 2 nitrogen and oxygen atoms in total. The van der Waals surface area contributed by atoms with E-state index >= 15 is 0 Å². The van der Waals surface area contributed by atoms with Gasteiger partial charge in [-0.1, -0.05) is 38.1 Å². The molecule has 2 atom stereocenters. The Kier molecular flexibility index (Phi) is 4.97. The van der Waals surface area contributed by atoms with Crippen LogP contribution >= 0.6 is 0 Å². The molecule has 0 heterocycles. The van der Waals surface area contributed by atoms with Gasteiger partial charge in [-0.3, -0.25) is 0 Å². The molecule has 0 amide bonds. The molecule has 2 heteroatoms. The standard InChI is InChI=1S/C14H23NO/c1-10(2)12-4-6-13(7-5-12)14(9-15)8-11(3)16/h4-7,10-11,14,16H,8-9,15H2,1-3H3. The van der Waals surface area contributed by atoms with Crippen molar-refractivity contribution in [3.8, 4) is 0 Å². The van der Waals surface area contributed by atoms with Crippen LogP contribution in [0.5, 0.6) is 0 Å². The first-order chi connectivity index (χ1) is 7.54. The van der Waals surface area contributed by atoms with E-state index in [1.165, 1.54) is 11.1 Å². The summed E-state index contributed by atoms with van der Waals surface area (Å²) in [4.78, 5) is 0. The molecule has 0 radical (unpaired) electrons. The second-order valence-corrected chi connectivity index (χ2v) is 4.84. The van der Waals surface area contributed by atoms with E-state index < -0.39 is 0 Å². The van der Waals surface area contributed by atoms with Crippen molar-refractivity contribution in [3.63, 3.8) is 0 Å². The molecule has 0 aliphatic rings. The Balaban J connectivity index is 2.78. The molecule has 0 aliphatic carbocycles. The minimum atomic E-state index is -0.293. The summed E-state index contributed by atoms with van der Waals surface area (Å²) in [5.41, 5.74) is 8.31. The lowest BCUT2D eigenvalue weighted by Gasteiger charge is -2.17. The zero-order chi connectivity index (χ0) is 12.1. The van der Waals surface area contributed by atoms with E-state index in [0.29, 0.717) is 12.5 Å². The summed E-state index contributed by atoms with van der Waals surface area (Å²) >= 11 is 0. The number of nitrogens with two attached hydrogens (primary N) is 1. The van der Waals surface area contributed by atoms with Crippen molar-refractivity contribution in [1.29, 1.82) is 0 Å². The minimum Gasteiger partial charge on any atom is -0.393 e. The van der Waals surface area contributed by atoms with Crippen molar-refractivity contribution in [2.45, 2.75) is 45.1 Å². The number of hydrogen-bond acceptors (Lipinski definition) is 2. The Morgan fingerprint density at radius 2 is 1.56 bits per heavy atom. The molecular formula is C14H23NO. The van der Waals surface area contributed by atoms with Crippen molar-refractivity contribution in [1.82, 2.24) is 0 Å². The zero-order valence-corrected chi connectivity index (χ0v) is 10.5. The fraction of sp³-hybridized carbons (Fsp3) is 0.571. The maximum atomic E-state index is 9.40. The molecule has 3 N–H and O–H groups in total. The lowest BCUT2D eigenvalue weighted by Crippen LogP contribution is -2.17. The highest BCUT2D eigenvalue weighted by atomic mass is 16.3. The predicted molar refractivity (Wildman–Crippen MR) is 68.6 cm³/mol. The maximum absolute atomic E-state index is 9.40. The van der Waals surface area contributed by atoms with Gasteiger partial charge in [0.1, 0.15) is 0 Å². The summed E-state index contributed by atoms with van der Waals surface area (Å²) in [6, 6.07) is 8.58. The molecule has 90 valence electrons. The van der Waals surface area contributed by atoms with Crippen LogP contribution in [0.15, 0.2) is 24.3 Å². The van der Waals surface area contributed by atoms with Crippen LogP contribution < -0.4 is 5.73 Å². The first-order valence-corrected chi connectivity index (χ1v) is 6.02. The van der Waals surface area contributed by atoms with Gasteiger partial charge in [0.05, 0.1) is 6.10 Å². The molecule has 16 heavy (non-hydrogen) atoms. The summed E-state index contributed by atoms with van der Waals surface area (Å²) in [5.74, 6) is 0.823. The van der Waals surface area contributed by atoms with Gasteiger partial charge in [-0.05, 0) is 42.9 Å². The third-order valence-electron chi connectivity index (χ3n) is 2.98. The van der Waals surface area contributed by atoms with E-state index in [1.54, 1.807) is 0 Å². The van der Waals surface area contributed by atoms with Crippen molar-refractivity contribution >= 4 is 0 Å². The Bertz CT molecular complexity index is 303. The van der Waals surface area contributed by atoms with Gasteiger partial charge < -0.3 is 10.8 Å². The number of benzene rings is 1. The van der Waals surface area contributed by atoms with Gasteiger partial charge in [0.25, 0.3) is 0 Å². The van der Waals surface area contributed by atoms with Crippen LogP contribution in [0.25, 0.3) is 0 Å². The van der Waals surface area contributed by atoms with Crippen LogP contribution in [-0.4, -0.2) is 17.8 Å². The fourth-order valence-corrected chi connectivity index (χ4v) is 1.93. The molecule has 0 bridgehead atoms. The van der Waals surface area contributed by atoms with Gasteiger partial charge in [-0.2, -0.15) is 0 Å². The number of aliphatic hydroxyl groups excluding tert-OH is 1. The zero-order valence-electron chi connectivity index (χ0n) is 10.5. The van der Waals surface area contributed by atoms with Crippen LogP contribution in [0.3, 0.4) is 0 Å². The van der Waals surface area contributed by atoms with E-state index in [9.17, 15) is 5.11 Å². The van der Waals surface area contributed by atoms with E-state index in [1.807, 2.05) is 6.92 Å². The first kappa shape index (κ1) is 13.2. The van der Waals surface area contributed by atoms with E-state index in [4.69, 9.17) is 5.73 Å². The SMILES string of the molecule is CC(O)CC(CN)c1ccc(C(C)C)cc1. The molecule has 1 aromatic rings. The van der Waals surface area contributed by atoms with Gasteiger partial charge in [0.2, 0.25) is 0 Å². The van der Waals surface area contributed by atoms with Gasteiger partial charge in [-0.25, -0.2) is 0 Å². The van der Waals surface area contributed by atoms with Crippen LogP contribution in [0.1, 0.15) is 50.2 Å². The summed E-state index contributed by atoms with van der Waals surface area (Å²) in [7, 11) is 0. The molecule has 0 fully saturated rings. The van der Waals surface area contributed by atoms with E-state index in [0.717, 1.165) is 6.42 Å².